The van der Waals surface area contributed by atoms with E-state index in [1.807, 2.05) is 10.8 Å². The first-order chi connectivity index (χ1) is 8.50. The Morgan fingerprint density at radius 2 is 2.22 bits per heavy atom. The van der Waals surface area contributed by atoms with Gasteiger partial charge in [-0.15, -0.1) is 0 Å². The van der Waals surface area contributed by atoms with Crippen LogP contribution in [0.2, 0.25) is 0 Å². The maximum Gasteiger partial charge on any atom is 0.223 e. The minimum Gasteiger partial charge on any atom is -0.349 e. The molecule has 0 fully saturated rings. The van der Waals surface area contributed by atoms with E-state index in [2.05, 4.69) is 24.1 Å². The Bertz CT molecular complexity index is 371. The first kappa shape index (κ1) is 14.7. The molecule has 0 radical (unpaired) electrons. The van der Waals surface area contributed by atoms with Crippen molar-refractivity contribution in [2.24, 2.45) is 5.92 Å². The number of carbonyl (C=O) groups is 1. The molecule has 0 aliphatic heterocycles. The summed E-state index contributed by atoms with van der Waals surface area (Å²) in [5.41, 5.74) is 1.13. The molecule has 0 saturated heterocycles. The Balaban J connectivity index is 2.42. The molecule has 1 heterocycles. The van der Waals surface area contributed by atoms with Crippen LogP contribution in [0.1, 0.15) is 26.0 Å². The van der Waals surface area contributed by atoms with Gasteiger partial charge in [0.1, 0.15) is 0 Å². The lowest BCUT2D eigenvalue weighted by molar-refractivity contribution is -0.128. The molecule has 1 aromatic heterocycles. The lowest BCUT2D eigenvalue weighted by Crippen LogP contribution is -2.24. The van der Waals surface area contributed by atoms with E-state index in [1.165, 1.54) is 0 Å². The second-order valence-corrected chi connectivity index (χ2v) is 5.14. The summed E-state index contributed by atoms with van der Waals surface area (Å²) in [6, 6.07) is 0. The van der Waals surface area contributed by atoms with Crippen LogP contribution in [0.4, 0.5) is 0 Å². The third-order valence-electron chi connectivity index (χ3n) is 2.72. The fraction of sp³-hybridized carbons (Fsp3) is 0.692. The molecule has 0 bridgehead atoms. The topological polar surface area (TPSA) is 50.2 Å². The number of rotatable bonds is 7. The Morgan fingerprint density at radius 1 is 1.50 bits per heavy atom. The first-order valence-electron chi connectivity index (χ1n) is 6.40. The summed E-state index contributed by atoms with van der Waals surface area (Å²) in [6.07, 6.45) is 4.16. The average molecular weight is 252 g/mol. The summed E-state index contributed by atoms with van der Waals surface area (Å²) in [5, 5.41) is 3.38. The molecular formula is C13H24N4O. The van der Waals surface area contributed by atoms with Gasteiger partial charge in [0.15, 0.2) is 0 Å². The fourth-order valence-electron chi connectivity index (χ4n) is 1.63. The third-order valence-corrected chi connectivity index (χ3v) is 2.72. The van der Waals surface area contributed by atoms with Crippen molar-refractivity contribution >= 4 is 5.91 Å². The van der Waals surface area contributed by atoms with Crippen molar-refractivity contribution in [3.05, 3.63) is 18.2 Å². The van der Waals surface area contributed by atoms with Crippen LogP contribution in [0.5, 0.6) is 0 Å². The van der Waals surface area contributed by atoms with Crippen molar-refractivity contribution in [2.45, 2.75) is 33.4 Å². The smallest absolute Gasteiger partial charge is 0.223 e. The van der Waals surface area contributed by atoms with Crippen molar-refractivity contribution in [1.82, 2.24) is 19.8 Å². The molecule has 5 nitrogen and oxygen atoms in total. The number of imidazole rings is 1. The lowest BCUT2D eigenvalue weighted by Gasteiger charge is -2.12. The maximum absolute atomic E-state index is 11.5. The summed E-state index contributed by atoms with van der Waals surface area (Å²) >= 11 is 0. The van der Waals surface area contributed by atoms with Gasteiger partial charge in [-0.05, 0) is 12.5 Å². The number of hydrogen-bond acceptors (Lipinski definition) is 3. The molecule has 5 heteroatoms. The van der Waals surface area contributed by atoms with E-state index in [1.54, 1.807) is 25.3 Å². The van der Waals surface area contributed by atoms with Crippen LogP contribution in [0.3, 0.4) is 0 Å². The van der Waals surface area contributed by atoms with Gasteiger partial charge in [-0.3, -0.25) is 4.79 Å². The molecule has 1 amide bonds. The van der Waals surface area contributed by atoms with Gasteiger partial charge in [0.05, 0.1) is 12.0 Å². The molecule has 0 aliphatic rings. The van der Waals surface area contributed by atoms with Gasteiger partial charge < -0.3 is 14.8 Å². The molecule has 0 unspecified atom stereocenters. The molecular weight excluding hydrogens is 228 g/mol. The lowest BCUT2D eigenvalue weighted by atomic mass is 10.2. The summed E-state index contributed by atoms with van der Waals surface area (Å²) in [4.78, 5) is 17.3. The van der Waals surface area contributed by atoms with Crippen molar-refractivity contribution in [3.63, 3.8) is 0 Å². The van der Waals surface area contributed by atoms with Crippen LogP contribution in [0.25, 0.3) is 0 Å². The summed E-state index contributed by atoms with van der Waals surface area (Å²) < 4.78 is 2.04. The number of amides is 1. The van der Waals surface area contributed by atoms with Crippen molar-refractivity contribution < 1.29 is 4.79 Å². The predicted molar refractivity (Wildman–Crippen MR) is 72.1 cm³/mol. The highest BCUT2D eigenvalue weighted by atomic mass is 16.2. The van der Waals surface area contributed by atoms with Crippen LogP contribution >= 0.6 is 0 Å². The number of nitrogens with one attached hydrogen (secondary N) is 1. The highest BCUT2D eigenvalue weighted by Gasteiger charge is 2.07. The molecule has 18 heavy (non-hydrogen) atoms. The van der Waals surface area contributed by atoms with Gasteiger partial charge >= 0.3 is 0 Å². The van der Waals surface area contributed by atoms with E-state index >= 15 is 0 Å². The minimum atomic E-state index is 0.143. The van der Waals surface area contributed by atoms with Gasteiger partial charge in [0.25, 0.3) is 0 Å². The number of carbonyl (C=O) groups excluding carboxylic acids is 1. The van der Waals surface area contributed by atoms with Crippen molar-refractivity contribution in [2.75, 3.05) is 20.6 Å². The van der Waals surface area contributed by atoms with E-state index in [0.717, 1.165) is 18.8 Å². The van der Waals surface area contributed by atoms with E-state index < -0.39 is 0 Å². The summed E-state index contributed by atoms with van der Waals surface area (Å²) in [6.45, 7) is 6.84. The molecule has 102 valence electrons. The van der Waals surface area contributed by atoms with Crippen LogP contribution < -0.4 is 5.32 Å². The largest absolute Gasteiger partial charge is 0.349 e. The monoisotopic (exact) mass is 252 g/mol. The summed E-state index contributed by atoms with van der Waals surface area (Å²) in [5.74, 6) is 0.779. The Labute approximate surface area is 109 Å². The fourth-order valence-corrected chi connectivity index (χ4v) is 1.63. The van der Waals surface area contributed by atoms with Gasteiger partial charge in [0, 0.05) is 39.8 Å². The zero-order valence-electron chi connectivity index (χ0n) is 11.8. The van der Waals surface area contributed by atoms with Crippen LogP contribution in [0, 0.1) is 5.92 Å². The number of aromatic nitrogens is 2. The quantitative estimate of drug-likeness (QED) is 0.791. The molecule has 0 aliphatic carbocycles. The van der Waals surface area contributed by atoms with E-state index in [4.69, 9.17) is 0 Å². The van der Waals surface area contributed by atoms with Gasteiger partial charge in [0.2, 0.25) is 5.91 Å². The number of nitrogens with zero attached hydrogens (tertiary/aromatic N) is 3. The summed E-state index contributed by atoms with van der Waals surface area (Å²) in [7, 11) is 3.56. The Kier molecular flexibility index (Phi) is 5.85. The standard InChI is InChI=1S/C13H24N4O/c1-11(2)7-14-8-12-9-15-10-17(12)6-5-13(18)16(3)4/h9-11,14H,5-8H2,1-4H3. The van der Waals surface area contributed by atoms with E-state index in [0.29, 0.717) is 18.9 Å². The molecule has 0 aromatic carbocycles. The maximum atomic E-state index is 11.5. The highest BCUT2D eigenvalue weighted by Crippen LogP contribution is 2.02. The zero-order chi connectivity index (χ0) is 13.5. The minimum absolute atomic E-state index is 0.143. The molecule has 1 N–H and O–H groups in total. The van der Waals surface area contributed by atoms with Crippen LogP contribution in [-0.2, 0) is 17.9 Å². The second kappa shape index (κ2) is 7.16. The molecule has 0 saturated carbocycles. The highest BCUT2D eigenvalue weighted by molar-refractivity contribution is 5.75. The number of aryl methyl sites for hydroxylation is 1. The molecule has 0 spiro atoms. The van der Waals surface area contributed by atoms with Crippen LogP contribution in [0.15, 0.2) is 12.5 Å². The van der Waals surface area contributed by atoms with E-state index in [9.17, 15) is 4.79 Å². The molecule has 1 aromatic rings. The second-order valence-electron chi connectivity index (χ2n) is 5.14. The van der Waals surface area contributed by atoms with Gasteiger partial charge in [-0.2, -0.15) is 0 Å². The Morgan fingerprint density at radius 3 is 2.83 bits per heavy atom. The SMILES string of the molecule is CC(C)CNCc1cncn1CCC(=O)N(C)C. The molecule has 1 rings (SSSR count). The van der Waals surface area contributed by atoms with Gasteiger partial charge in [-0.1, -0.05) is 13.8 Å². The van der Waals surface area contributed by atoms with Gasteiger partial charge in [-0.25, -0.2) is 4.98 Å². The predicted octanol–water partition coefficient (Wildman–Crippen LogP) is 1.11. The first-order valence-corrected chi connectivity index (χ1v) is 6.40. The van der Waals surface area contributed by atoms with Crippen molar-refractivity contribution in [3.8, 4) is 0 Å². The normalized spacial score (nSPS) is 10.9. The molecule has 0 atom stereocenters. The third kappa shape index (κ3) is 4.87. The zero-order valence-corrected chi connectivity index (χ0v) is 11.8. The van der Waals surface area contributed by atoms with E-state index in [-0.39, 0.29) is 5.91 Å². The Hall–Kier alpha value is -1.36. The van der Waals surface area contributed by atoms with Crippen LogP contribution in [-0.4, -0.2) is 41.0 Å². The number of hydrogen-bond donors (Lipinski definition) is 1. The van der Waals surface area contributed by atoms with Crippen molar-refractivity contribution in [1.29, 1.82) is 0 Å². The average Bonchev–Trinajstić information content (AvgIpc) is 2.73.